The molecule has 1 aromatic carbocycles. The Bertz CT molecular complexity index is 1540. The number of methoxy groups -OCH3 is 1. The second-order valence-corrected chi connectivity index (χ2v) is 8.66. The van der Waals surface area contributed by atoms with E-state index in [4.69, 9.17) is 9.72 Å². The van der Waals surface area contributed by atoms with Gasteiger partial charge in [-0.3, -0.25) is 14.5 Å². The molecule has 10 nitrogen and oxygen atoms in total. The molecule has 4 heterocycles. The van der Waals surface area contributed by atoms with Crippen LogP contribution in [0.2, 0.25) is 0 Å². The molecule has 0 unspecified atom stereocenters. The summed E-state index contributed by atoms with van der Waals surface area (Å²) in [6.07, 6.45) is 9.47. The highest BCUT2D eigenvalue weighted by molar-refractivity contribution is 5.97. The van der Waals surface area contributed by atoms with Crippen molar-refractivity contribution < 1.29 is 9.53 Å². The van der Waals surface area contributed by atoms with Gasteiger partial charge in [0.15, 0.2) is 5.65 Å². The highest BCUT2D eigenvalue weighted by atomic mass is 16.5. The Morgan fingerprint density at radius 2 is 2.08 bits per heavy atom. The standard InChI is InChI=1S/C26H24N8O2/c1-36-23-13-19(9-10-22(23)25(35)29-18-7-8-18)30-26-31-24-21(6-4-12-34(24)32-26)17-14-28-33(15-17)16-20-5-2-3-11-27-20/h2-6,9-15,18H,7-8,16H2,1H3,(H,29,35)(H,30,32). The number of amides is 1. The lowest BCUT2D eigenvalue weighted by Gasteiger charge is -2.11. The Morgan fingerprint density at radius 1 is 1.17 bits per heavy atom. The van der Waals surface area contributed by atoms with E-state index in [-0.39, 0.29) is 11.9 Å². The lowest BCUT2D eigenvalue weighted by atomic mass is 10.1. The SMILES string of the molecule is COc1cc(Nc2nc3c(-c4cnn(Cc5ccccn5)c4)cccn3n2)ccc1C(=O)NC1CC1. The van der Waals surface area contributed by atoms with Crippen LogP contribution in [0.5, 0.6) is 5.75 Å². The molecule has 10 heteroatoms. The summed E-state index contributed by atoms with van der Waals surface area (Å²) in [6.45, 7) is 0.583. The van der Waals surface area contributed by atoms with Crippen molar-refractivity contribution in [2.45, 2.75) is 25.4 Å². The van der Waals surface area contributed by atoms with Crippen LogP contribution in [-0.4, -0.2) is 48.4 Å². The minimum atomic E-state index is -0.125. The van der Waals surface area contributed by atoms with E-state index in [1.807, 2.05) is 59.7 Å². The van der Waals surface area contributed by atoms with Gasteiger partial charge >= 0.3 is 0 Å². The van der Waals surface area contributed by atoms with Crippen LogP contribution >= 0.6 is 0 Å². The zero-order valence-corrected chi connectivity index (χ0v) is 19.6. The number of ether oxygens (including phenoxy) is 1. The van der Waals surface area contributed by atoms with Crippen molar-refractivity contribution in [2.75, 3.05) is 12.4 Å². The number of hydrogen-bond acceptors (Lipinski definition) is 7. The highest BCUT2D eigenvalue weighted by Gasteiger charge is 2.25. The van der Waals surface area contributed by atoms with E-state index in [0.717, 1.165) is 35.3 Å². The number of rotatable bonds is 8. The smallest absolute Gasteiger partial charge is 0.255 e. The molecule has 0 radical (unpaired) electrons. The van der Waals surface area contributed by atoms with Crippen molar-refractivity contribution in [3.63, 3.8) is 0 Å². The van der Waals surface area contributed by atoms with Crippen molar-refractivity contribution in [3.8, 4) is 16.9 Å². The number of carbonyl (C=O) groups is 1. The summed E-state index contributed by atoms with van der Waals surface area (Å²) in [5.74, 6) is 0.795. The van der Waals surface area contributed by atoms with Crippen LogP contribution < -0.4 is 15.4 Å². The van der Waals surface area contributed by atoms with Crippen LogP contribution in [0.25, 0.3) is 16.8 Å². The fourth-order valence-corrected chi connectivity index (χ4v) is 4.01. The maximum absolute atomic E-state index is 12.5. The number of nitrogens with one attached hydrogen (secondary N) is 2. The molecular formula is C26H24N8O2. The van der Waals surface area contributed by atoms with Crippen molar-refractivity contribution in [1.29, 1.82) is 0 Å². The first-order valence-corrected chi connectivity index (χ1v) is 11.7. The molecule has 36 heavy (non-hydrogen) atoms. The van der Waals surface area contributed by atoms with E-state index in [1.54, 1.807) is 30.0 Å². The lowest BCUT2D eigenvalue weighted by Crippen LogP contribution is -2.25. The van der Waals surface area contributed by atoms with E-state index in [1.165, 1.54) is 0 Å². The van der Waals surface area contributed by atoms with Gasteiger partial charge in [0.1, 0.15) is 5.75 Å². The zero-order chi connectivity index (χ0) is 24.5. The molecule has 0 bridgehead atoms. The van der Waals surface area contributed by atoms with E-state index in [2.05, 4.69) is 25.8 Å². The Balaban J connectivity index is 1.24. The second kappa shape index (κ2) is 9.14. The fourth-order valence-electron chi connectivity index (χ4n) is 4.01. The average molecular weight is 481 g/mol. The first kappa shape index (κ1) is 21.8. The number of carbonyl (C=O) groups excluding carboxylic acids is 1. The van der Waals surface area contributed by atoms with Gasteiger partial charge in [-0.05, 0) is 49.2 Å². The topological polar surface area (TPSA) is 111 Å². The molecule has 6 rings (SSSR count). The molecule has 180 valence electrons. The maximum Gasteiger partial charge on any atom is 0.255 e. The van der Waals surface area contributed by atoms with E-state index < -0.39 is 0 Å². The van der Waals surface area contributed by atoms with E-state index in [0.29, 0.717) is 29.5 Å². The third-order valence-corrected chi connectivity index (χ3v) is 5.97. The summed E-state index contributed by atoms with van der Waals surface area (Å²) >= 11 is 0. The van der Waals surface area contributed by atoms with Gasteiger partial charge in [0.25, 0.3) is 5.91 Å². The summed E-state index contributed by atoms with van der Waals surface area (Å²) in [5, 5.41) is 15.3. The predicted octanol–water partition coefficient (Wildman–Crippen LogP) is 3.68. The quantitative estimate of drug-likeness (QED) is 0.348. The Morgan fingerprint density at radius 3 is 2.89 bits per heavy atom. The minimum Gasteiger partial charge on any atom is -0.496 e. The van der Waals surface area contributed by atoms with Crippen LogP contribution in [0, 0.1) is 0 Å². The number of fused-ring (bicyclic) bond motifs is 1. The van der Waals surface area contributed by atoms with Crippen molar-refractivity contribution in [2.24, 2.45) is 0 Å². The summed E-state index contributed by atoms with van der Waals surface area (Å²) in [5.41, 5.74) is 4.70. The average Bonchev–Trinajstić information content (AvgIpc) is 3.42. The minimum absolute atomic E-state index is 0.125. The number of pyridine rings is 2. The molecule has 1 aliphatic carbocycles. The summed E-state index contributed by atoms with van der Waals surface area (Å²) in [7, 11) is 1.55. The van der Waals surface area contributed by atoms with E-state index in [9.17, 15) is 4.79 Å². The number of hydrogen-bond donors (Lipinski definition) is 2. The molecule has 1 aliphatic rings. The maximum atomic E-state index is 12.5. The monoisotopic (exact) mass is 480 g/mol. The first-order chi connectivity index (χ1) is 17.7. The molecule has 1 saturated carbocycles. The lowest BCUT2D eigenvalue weighted by molar-refractivity contribution is 0.0948. The van der Waals surface area contributed by atoms with Gasteiger partial charge in [-0.25, -0.2) is 4.52 Å². The summed E-state index contributed by atoms with van der Waals surface area (Å²) < 4.78 is 9.04. The molecule has 2 N–H and O–H groups in total. The largest absolute Gasteiger partial charge is 0.496 e. The summed E-state index contributed by atoms with van der Waals surface area (Å²) in [4.78, 5) is 21.6. The predicted molar refractivity (Wildman–Crippen MR) is 134 cm³/mol. The van der Waals surface area contributed by atoms with Crippen molar-refractivity contribution >= 4 is 23.2 Å². The molecule has 0 aliphatic heterocycles. The second-order valence-electron chi connectivity index (χ2n) is 8.66. The zero-order valence-electron chi connectivity index (χ0n) is 19.6. The van der Waals surface area contributed by atoms with Crippen molar-refractivity contribution in [3.05, 3.63) is 84.6 Å². The van der Waals surface area contributed by atoms with Crippen LogP contribution in [0.4, 0.5) is 11.6 Å². The number of benzene rings is 1. The van der Waals surface area contributed by atoms with Crippen molar-refractivity contribution in [1.82, 2.24) is 34.7 Å². The number of anilines is 2. The molecule has 0 atom stereocenters. The van der Waals surface area contributed by atoms with Gasteiger partial charge in [-0.2, -0.15) is 10.1 Å². The fraction of sp³-hybridized carbons (Fsp3) is 0.192. The summed E-state index contributed by atoms with van der Waals surface area (Å²) in [6, 6.07) is 15.4. The normalized spacial score (nSPS) is 13.0. The van der Waals surface area contributed by atoms with E-state index >= 15 is 0 Å². The van der Waals surface area contributed by atoms with Gasteiger partial charge < -0.3 is 15.4 Å². The highest BCUT2D eigenvalue weighted by Crippen LogP contribution is 2.28. The first-order valence-electron chi connectivity index (χ1n) is 11.7. The van der Waals surface area contributed by atoms with Gasteiger partial charge in [0, 0.05) is 47.5 Å². The molecule has 1 amide bonds. The van der Waals surface area contributed by atoms with Crippen LogP contribution in [-0.2, 0) is 6.54 Å². The molecule has 0 spiro atoms. The van der Waals surface area contributed by atoms with Crippen LogP contribution in [0.3, 0.4) is 0 Å². The van der Waals surface area contributed by atoms with Crippen LogP contribution in [0.15, 0.2) is 73.3 Å². The third-order valence-electron chi connectivity index (χ3n) is 5.97. The number of aromatic nitrogens is 6. The third kappa shape index (κ3) is 4.48. The Kier molecular flexibility index (Phi) is 5.53. The molecule has 0 saturated heterocycles. The Labute approximate surface area is 207 Å². The van der Waals surface area contributed by atoms with Gasteiger partial charge in [0.2, 0.25) is 5.95 Å². The molecule has 1 fully saturated rings. The Hall–Kier alpha value is -4.73. The van der Waals surface area contributed by atoms with Gasteiger partial charge in [-0.1, -0.05) is 6.07 Å². The number of nitrogens with zero attached hydrogens (tertiary/aromatic N) is 6. The molecule has 5 aromatic rings. The van der Waals surface area contributed by atoms with Gasteiger partial charge in [0.05, 0.1) is 31.1 Å². The van der Waals surface area contributed by atoms with Gasteiger partial charge in [-0.15, -0.1) is 5.10 Å². The van der Waals surface area contributed by atoms with Crippen LogP contribution in [0.1, 0.15) is 28.9 Å². The molecular weight excluding hydrogens is 456 g/mol. The molecule has 4 aromatic heterocycles.